The van der Waals surface area contributed by atoms with Crippen molar-refractivity contribution in [3.05, 3.63) is 59.4 Å². The quantitative estimate of drug-likeness (QED) is 0.512. The van der Waals surface area contributed by atoms with Crippen LogP contribution in [0, 0.1) is 5.82 Å². The van der Waals surface area contributed by atoms with Crippen LogP contribution in [0.3, 0.4) is 0 Å². The van der Waals surface area contributed by atoms with Gasteiger partial charge in [-0.15, -0.1) is 0 Å². The first-order chi connectivity index (χ1) is 14.2. The number of piperazine rings is 1. The number of carbonyl (C=O) groups excluding carboxylic acids is 1. The molecule has 2 aromatic carbocycles. The van der Waals surface area contributed by atoms with Crippen LogP contribution in [-0.4, -0.2) is 43.4 Å². The molecule has 1 atom stereocenters. The molecule has 3 rings (SSSR count). The van der Waals surface area contributed by atoms with Crippen LogP contribution in [0.2, 0.25) is 0 Å². The number of halogens is 4. The lowest BCUT2D eigenvalue weighted by Gasteiger charge is -2.40. The predicted molar refractivity (Wildman–Crippen MR) is 106 cm³/mol. The van der Waals surface area contributed by atoms with Gasteiger partial charge in [-0.1, -0.05) is 30.3 Å². The Morgan fingerprint density at radius 3 is 2.50 bits per heavy atom. The zero-order chi connectivity index (χ0) is 21.9. The van der Waals surface area contributed by atoms with E-state index < -0.39 is 29.3 Å². The van der Waals surface area contributed by atoms with Crippen molar-refractivity contribution < 1.29 is 27.1 Å². The van der Waals surface area contributed by atoms with Gasteiger partial charge in [-0.25, -0.2) is 9.18 Å². The Hall–Kier alpha value is -3.10. The lowest BCUT2D eigenvalue weighted by atomic mass is 10.1. The van der Waals surface area contributed by atoms with E-state index in [0.717, 1.165) is 11.6 Å². The molecule has 1 fully saturated rings. The van der Waals surface area contributed by atoms with Crippen molar-refractivity contribution in [1.82, 2.24) is 4.90 Å². The maximum atomic E-state index is 14.7. The lowest BCUT2D eigenvalue weighted by Crippen LogP contribution is -2.54. The fourth-order valence-electron chi connectivity index (χ4n) is 3.45. The first kappa shape index (κ1) is 21.6. The van der Waals surface area contributed by atoms with Gasteiger partial charge in [0.2, 0.25) is 0 Å². The Labute approximate surface area is 171 Å². The molecule has 160 valence electrons. The number of nitrogens with zero attached hydrogens (tertiary/aromatic N) is 3. The summed E-state index contributed by atoms with van der Waals surface area (Å²) in [6.45, 7) is 5.45. The summed E-state index contributed by atoms with van der Waals surface area (Å²) in [5.41, 5.74) is -1.33. The third kappa shape index (κ3) is 4.55. The fraction of sp³-hybridized carbons (Fsp3) is 0.333. The first-order valence-electron chi connectivity index (χ1n) is 9.31. The van der Waals surface area contributed by atoms with Crippen molar-refractivity contribution in [2.75, 3.05) is 24.5 Å². The van der Waals surface area contributed by atoms with Crippen LogP contribution in [0.25, 0.3) is 0 Å². The van der Waals surface area contributed by atoms with Crippen molar-refractivity contribution in [2.24, 2.45) is 4.99 Å². The predicted octanol–water partition coefficient (Wildman–Crippen LogP) is 5.02. The van der Waals surface area contributed by atoms with Crippen molar-refractivity contribution >= 4 is 24.2 Å². The highest BCUT2D eigenvalue weighted by molar-refractivity contribution is 5.69. The van der Waals surface area contributed by atoms with Gasteiger partial charge in [-0.2, -0.15) is 13.2 Å². The first-order valence-corrected chi connectivity index (χ1v) is 9.31. The summed E-state index contributed by atoms with van der Waals surface area (Å²) in [7, 11) is 0. The number of rotatable bonds is 4. The molecule has 0 saturated carbocycles. The second-order valence-corrected chi connectivity index (χ2v) is 6.98. The summed E-state index contributed by atoms with van der Waals surface area (Å²) in [4.78, 5) is 18.7. The summed E-state index contributed by atoms with van der Waals surface area (Å²) >= 11 is 0. The number of aliphatic imine (C=N–C) groups is 1. The monoisotopic (exact) mass is 423 g/mol. The molecule has 30 heavy (non-hydrogen) atoms. The van der Waals surface area contributed by atoms with Gasteiger partial charge in [0.25, 0.3) is 0 Å². The van der Waals surface area contributed by atoms with Gasteiger partial charge in [0.15, 0.2) is 5.82 Å². The Kier molecular flexibility index (Phi) is 6.28. The summed E-state index contributed by atoms with van der Waals surface area (Å²) in [5.74, 6) is -1.39. The Bertz CT molecular complexity index is 918. The van der Waals surface area contributed by atoms with Crippen LogP contribution in [0.15, 0.2) is 47.5 Å². The minimum Gasteiger partial charge on any atom is -0.445 e. The largest absolute Gasteiger partial charge is 0.445 e. The SMILES string of the molecule is C=Nc1ccc(N2CCN(C(=O)OCc3ccccc3)[C@@H](C)C2)c(F)c1C(F)(F)F. The highest BCUT2D eigenvalue weighted by atomic mass is 19.4. The van der Waals surface area contributed by atoms with Crippen LogP contribution >= 0.6 is 0 Å². The molecule has 1 amide bonds. The number of hydrogen-bond acceptors (Lipinski definition) is 4. The molecule has 0 aromatic heterocycles. The number of carbonyl (C=O) groups is 1. The molecule has 0 unspecified atom stereocenters. The third-order valence-electron chi connectivity index (χ3n) is 4.96. The summed E-state index contributed by atoms with van der Waals surface area (Å²) < 4.78 is 60.0. The molecule has 5 nitrogen and oxygen atoms in total. The fourth-order valence-corrected chi connectivity index (χ4v) is 3.45. The summed E-state index contributed by atoms with van der Waals surface area (Å²) in [6.07, 6.45) is -5.42. The van der Waals surface area contributed by atoms with Crippen molar-refractivity contribution in [3.63, 3.8) is 0 Å². The normalized spacial score (nSPS) is 17.0. The highest BCUT2D eigenvalue weighted by Gasteiger charge is 2.39. The molecular formula is C21H21F4N3O2. The molecule has 0 spiro atoms. The maximum Gasteiger partial charge on any atom is 0.421 e. The molecule has 1 heterocycles. The van der Waals surface area contributed by atoms with E-state index >= 15 is 0 Å². The van der Waals surface area contributed by atoms with Gasteiger partial charge >= 0.3 is 12.3 Å². The number of alkyl halides is 3. The summed E-state index contributed by atoms with van der Waals surface area (Å²) in [5, 5.41) is 0. The minimum absolute atomic E-state index is 0.117. The van der Waals surface area contributed by atoms with Crippen LogP contribution in [0.1, 0.15) is 18.1 Å². The molecule has 1 saturated heterocycles. The lowest BCUT2D eigenvalue weighted by molar-refractivity contribution is -0.139. The van der Waals surface area contributed by atoms with Crippen LogP contribution in [0.4, 0.5) is 33.7 Å². The van der Waals surface area contributed by atoms with Gasteiger partial charge < -0.3 is 14.5 Å². The number of hydrogen-bond donors (Lipinski definition) is 0. The minimum atomic E-state index is -4.90. The topological polar surface area (TPSA) is 45.1 Å². The molecule has 0 N–H and O–H groups in total. The van der Waals surface area contributed by atoms with Gasteiger partial charge in [0.1, 0.15) is 12.2 Å². The molecular weight excluding hydrogens is 402 g/mol. The van der Waals surface area contributed by atoms with E-state index in [0.29, 0.717) is 0 Å². The van der Waals surface area contributed by atoms with Gasteiger partial charge in [0.05, 0.1) is 11.4 Å². The second kappa shape index (κ2) is 8.73. The van der Waals surface area contributed by atoms with E-state index in [1.165, 1.54) is 15.9 Å². The second-order valence-electron chi connectivity index (χ2n) is 6.98. The van der Waals surface area contributed by atoms with E-state index in [2.05, 4.69) is 11.7 Å². The molecule has 0 radical (unpaired) electrons. The zero-order valence-electron chi connectivity index (χ0n) is 16.3. The van der Waals surface area contributed by atoms with Crippen molar-refractivity contribution in [2.45, 2.75) is 25.7 Å². The number of amides is 1. The number of benzene rings is 2. The molecule has 0 bridgehead atoms. The molecule has 1 aliphatic rings. The van der Waals surface area contributed by atoms with E-state index in [9.17, 15) is 22.4 Å². The standard InChI is InChI=1S/C21H21F4N3O2/c1-14-12-27(17-9-8-16(26-2)18(19(17)22)21(23,24)25)10-11-28(14)20(29)30-13-15-6-4-3-5-7-15/h3-9,14H,2,10-13H2,1H3/t14-/m0/s1. The summed E-state index contributed by atoms with van der Waals surface area (Å²) in [6, 6.07) is 11.2. The Morgan fingerprint density at radius 1 is 1.20 bits per heavy atom. The Balaban J connectivity index is 1.71. The Morgan fingerprint density at radius 2 is 1.90 bits per heavy atom. The van der Waals surface area contributed by atoms with Gasteiger partial charge in [-0.05, 0) is 31.3 Å². The van der Waals surface area contributed by atoms with Crippen LogP contribution in [0.5, 0.6) is 0 Å². The van der Waals surface area contributed by atoms with E-state index in [1.807, 2.05) is 30.3 Å². The number of ether oxygens (including phenoxy) is 1. The van der Waals surface area contributed by atoms with Crippen LogP contribution in [-0.2, 0) is 17.5 Å². The average molecular weight is 423 g/mol. The van der Waals surface area contributed by atoms with E-state index in [-0.39, 0.29) is 38.0 Å². The zero-order valence-corrected chi connectivity index (χ0v) is 16.3. The van der Waals surface area contributed by atoms with Gasteiger partial charge in [0, 0.05) is 25.7 Å². The maximum absolute atomic E-state index is 14.7. The molecule has 0 aliphatic carbocycles. The van der Waals surface area contributed by atoms with Gasteiger partial charge in [-0.3, -0.25) is 4.99 Å². The molecule has 9 heteroatoms. The molecule has 1 aliphatic heterocycles. The van der Waals surface area contributed by atoms with Crippen LogP contribution < -0.4 is 4.90 Å². The van der Waals surface area contributed by atoms with E-state index in [1.54, 1.807) is 6.92 Å². The van der Waals surface area contributed by atoms with Crippen molar-refractivity contribution in [1.29, 1.82) is 0 Å². The smallest absolute Gasteiger partial charge is 0.421 e. The third-order valence-corrected chi connectivity index (χ3v) is 4.96. The average Bonchev–Trinajstić information content (AvgIpc) is 2.71. The molecule has 2 aromatic rings. The van der Waals surface area contributed by atoms with Crippen molar-refractivity contribution in [3.8, 4) is 0 Å². The highest BCUT2D eigenvalue weighted by Crippen LogP contribution is 2.41. The van der Waals surface area contributed by atoms with E-state index in [4.69, 9.17) is 4.74 Å². The number of anilines is 1.